The van der Waals surface area contributed by atoms with Crippen LogP contribution in [0.5, 0.6) is 5.75 Å². The standard InChI is InChI=1S/C15H25N3O3S.HI/c1-4-22(19,20)12-11-18-15(16-2)17-10-9-13-5-7-14(21-3)8-6-13;/h5-8H,4,9-12H2,1-3H3,(H2,16,17,18);1H. The van der Waals surface area contributed by atoms with Gasteiger partial charge in [0.1, 0.15) is 5.75 Å². The van der Waals surface area contributed by atoms with Gasteiger partial charge in [0.15, 0.2) is 15.8 Å². The molecule has 0 heterocycles. The van der Waals surface area contributed by atoms with Crippen molar-refractivity contribution in [3.63, 3.8) is 0 Å². The molecule has 0 saturated heterocycles. The monoisotopic (exact) mass is 455 g/mol. The van der Waals surface area contributed by atoms with Gasteiger partial charge in [0.25, 0.3) is 0 Å². The maximum Gasteiger partial charge on any atom is 0.191 e. The Labute approximate surface area is 156 Å². The quantitative estimate of drug-likeness (QED) is 0.353. The lowest BCUT2D eigenvalue weighted by atomic mass is 10.1. The average molecular weight is 455 g/mol. The number of halogens is 1. The Morgan fingerprint density at radius 1 is 1.17 bits per heavy atom. The zero-order valence-electron chi connectivity index (χ0n) is 13.8. The van der Waals surface area contributed by atoms with Crippen molar-refractivity contribution in [2.45, 2.75) is 13.3 Å². The molecule has 8 heteroatoms. The summed E-state index contributed by atoms with van der Waals surface area (Å²) in [7, 11) is 0.357. The van der Waals surface area contributed by atoms with Crippen LogP contribution in [0.1, 0.15) is 12.5 Å². The Morgan fingerprint density at radius 3 is 2.30 bits per heavy atom. The third-order valence-corrected chi connectivity index (χ3v) is 4.94. The van der Waals surface area contributed by atoms with E-state index in [1.54, 1.807) is 21.1 Å². The fraction of sp³-hybridized carbons (Fsp3) is 0.533. The Kier molecular flexibility index (Phi) is 11.0. The number of hydrogen-bond donors (Lipinski definition) is 2. The molecule has 0 bridgehead atoms. The molecular formula is C15H26IN3O3S. The average Bonchev–Trinajstić information content (AvgIpc) is 2.54. The summed E-state index contributed by atoms with van der Waals surface area (Å²) in [6.07, 6.45) is 0.845. The van der Waals surface area contributed by atoms with Gasteiger partial charge in [0, 0.05) is 25.9 Å². The summed E-state index contributed by atoms with van der Waals surface area (Å²) in [5.74, 6) is 1.73. The Bertz CT molecular complexity index is 574. The van der Waals surface area contributed by atoms with Gasteiger partial charge in [0.2, 0.25) is 0 Å². The van der Waals surface area contributed by atoms with Crippen LogP contribution in [-0.4, -0.2) is 53.1 Å². The minimum atomic E-state index is -2.95. The molecule has 0 unspecified atom stereocenters. The van der Waals surface area contributed by atoms with Gasteiger partial charge in [-0.15, -0.1) is 24.0 Å². The first-order valence-electron chi connectivity index (χ1n) is 7.28. The maximum atomic E-state index is 11.4. The van der Waals surface area contributed by atoms with Gasteiger partial charge in [-0.1, -0.05) is 19.1 Å². The van der Waals surface area contributed by atoms with Gasteiger partial charge in [-0.2, -0.15) is 0 Å². The number of guanidine groups is 1. The van der Waals surface area contributed by atoms with Crippen LogP contribution >= 0.6 is 24.0 Å². The van der Waals surface area contributed by atoms with Crippen molar-refractivity contribution in [1.82, 2.24) is 10.6 Å². The zero-order chi connectivity index (χ0) is 16.4. The molecule has 2 N–H and O–H groups in total. The topological polar surface area (TPSA) is 79.8 Å². The van der Waals surface area contributed by atoms with E-state index in [9.17, 15) is 8.42 Å². The van der Waals surface area contributed by atoms with Crippen molar-refractivity contribution in [2.24, 2.45) is 4.99 Å². The van der Waals surface area contributed by atoms with E-state index in [0.717, 1.165) is 12.2 Å². The summed E-state index contributed by atoms with van der Waals surface area (Å²) in [6, 6.07) is 7.89. The number of benzene rings is 1. The van der Waals surface area contributed by atoms with Crippen LogP contribution in [0.4, 0.5) is 0 Å². The first kappa shape index (κ1) is 22.0. The van der Waals surface area contributed by atoms with Crippen LogP contribution in [0.25, 0.3) is 0 Å². The third-order valence-electron chi connectivity index (χ3n) is 3.23. The molecule has 0 radical (unpaired) electrons. The van der Waals surface area contributed by atoms with Crippen molar-refractivity contribution in [1.29, 1.82) is 0 Å². The number of methoxy groups -OCH3 is 1. The number of hydrogen-bond acceptors (Lipinski definition) is 4. The lowest BCUT2D eigenvalue weighted by Gasteiger charge is -2.12. The third kappa shape index (κ3) is 8.99. The minimum Gasteiger partial charge on any atom is -0.497 e. The van der Waals surface area contributed by atoms with Gasteiger partial charge >= 0.3 is 0 Å². The fourth-order valence-corrected chi connectivity index (χ4v) is 2.51. The van der Waals surface area contributed by atoms with Crippen molar-refractivity contribution >= 4 is 39.8 Å². The molecule has 1 aromatic rings. The predicted molar refractivity (Wildman–Crippen MR) is 106 cm³/mol. The normalized spacial score (nSPS) is 11.5. The van der Waals surface area contributed by atoms with Crippen molar-refractivity contribution in [2.75, 3.05) is 38.8 Å². The molecule has 1 rings (SSSR count). The molecular weight excluding hydrogens is 429 g/mol. The lowest BCUT2D eigenvalue weighted by Crippen LogP contribution is -2.40. The summed E-state index contributed by atoms with van der Waals surface area (Å²) in [4.78, 5) is 4.07. The Hall–Kier alpha value is -1.03. The minimum absolute atomic E-state index is 0. The number of aliphatic imine (C=N–C) groups is 1. The maximum absolute atomic E-state index is 11.4. The first-order chi connectivity index (χ1) is 10.5. The Morgan fingerprint density at radius 2 is 1.78 bits per heavy atom. The highest BCUT2D eigenvalue weighted by Gasteiger charge is 2.07. The van der Waals surface area contributed by atoms with Crippen molar-refractivity contribution < 1.29 is 13.2 Å². The lowest BCUT2D eigenvalue weighted by molar-refractivity contribution is 0.414. The SMILES string of the molecule is CCS(=O)(=O)CCNC(=NC)NCCc1ccc(OC)cc1.I. The van der Waals surface area contributed by atoms with E-state index in [1.807, 2.05) is 24.3 Å². The van der Waals surface area contributed by atoms with Gasteiger partial charge < -0.3 is 15.4 Å². The predicted octanol–water partition coefficient (Wildman–Crippen LogP) is 1.46. The smallest absolute Gasteiger partial charge is 0.191 e. The molecule has 0 aliphatic rings. The van der Waals surface area contributed by atoms with E-state index in [0.29, 0.717) is 19.0 Å². The molecule has 0 saturated carbocycles. The highest BCUT2D eigenvalue weighted by molar-refractivity contribution is 14.0. The van der Waals surface area contributed by atoms with Gasteiger partial charge in [-0.05, 0) is 24.1 Å². The van der Waals surface area contributed by atoms with Crippen LogP contribution in [0.3, 0.4) is 0 Å². The summed E-state index contributed by atoms with van der Waals surface area (Å²) < 4.78 is 27.9. The highest BCUT2D eigenvalue weighted by Crippen LogP contribution is 2.11. The van der Waals surface area contributed by atoms with E-state index < -0.39 is 9.84 Å². The Balaban J connectivity index is 0.00000484. The second-order valence-corrected chi connectivity index (χ2v) is 7.23. The molecule has 6 nitrogen and oxygen atoms in total. The van der Waals surface area contributed by atoms with E-state index in [4.69, 9.17) is 4.74 Å². The van der Waals surface area contributed by atoms with Crippen LogP contribution in [0, 0.1) is 0 Å². The molecule has 0 aliphatic carbocycles. The number of sulfone groups is 1. The van der Waals surface area contributed by atoms with Crippen LogP contribution in [-0.2, 0) is 16.3 Å². The molecule has 23 heavy (non-hydrogen) atoms. The van der Waals surface area contributed by atoms with Crippen molar-refractivity contribution in [3.8, 4) is 5.75 Å². The van der Waals surface area contributed by atoms with E-state index in [-0.39, 0.29) is 35.5 Å². The number of rotatable bonds is 8. The second kappa shape index (κ2) is 11.5. The second-order valence-electron chi connectivity index (χ2n) is 4.76. The molecule has 0 aromatic heterocycles. The molecule has 0 amide bonds. The largest absolute Gasteiger partial charge is 0.497 e. The van der Waals surface area contributed by atoms with Gasteiger partial charge in [-0.25, -0.2) is 8.42 Å². The van der Waals surface area contributed by atoms with E-state index in [2.05, 4.69) is 15.6 Å². The van der Waals surface area contributed by atoms with Crippen LogP contribution < -0.4 is 15.4 Å². The molecule has 0 aliphatic heterocycles. The molecule has 0 fully saturated rings. The molecule has 1 aromatic carbocycles. The van der Waals surface area contributed by atoms with E-state index in [1.165, 1.54) is 5.56 Å². The highest BCUT2D eigenvalue weighted by atomic mass is 127. The molecule has 132 valence electrons. The summed E-state index contributed by atoms with van der Waals surface area (Å²) in [5, 5.41) is 6.17. The van der Waals surface area contributed by atoms with Crippen molar-refractivity contribution in [3.05, 3.63) is 29.8 Å². The number of nitrogens with one attached hydrogen (secondary N) is 2. The zero-order valence-corrected chi connectivity index (χ0v) is 17.0. The summed E-state index contributed by atoms with van der Waals surface area (Å²) >= 11 is 0. The summed E-state index contributed by atoms with van der Waals surface area (Å²) in [6.45, 7) is 2.72. The van der Waals surface area contributed by atoms with Gasteiger partial charge in [-0.3, -0.25) is 4.99 Å². The van der Waals surface area contributed by atoms with E-state index >= 15 is 0 Å². The summed E-state index contributed by atoms with van der Waals surface area (Å²) in [5.41, 5.74) is 1.19. The van der Waals surface area contributed by atoms with Gasteiger partial charge in [0.05, 0.1) is 12.9 Å². The van der Waals surface area contributed by atoms with Crippen LogP contribution in [0.15, 0.2) is 29.3 Å². The fourth-order valence-electron chi connectivity index (χ4n) is 1.81. The number of ether oxygens (including phenoxy) is 1. The number of nitrogens with zero attached hydrogens (tertiary/aromatic N) is 1. The molecule has 0 spiro atoms. The first-order valence-corrected chi connectivity index (χ1v) is 9.10. The molecule has 0 atom stereocenters. The van der Waals surface area contributed by atoms with Crippen LogP contribution in [0.2, 0.25) is 0 Å².